The van der Waals surface area contributed by atoms with Crippen molar-refractivity contribution in [3.63, 3.8) is 0 Å². The van der Waals surface area contributed by atoms with Crippen LogP contribution in [0.4, 0.5) is 5.69 Å². The molecule has 1 atom stereocenters. The van der Waals surface area contributed by atoms with Crippen LogP contribution in [0.2, 0.25) is 0 Å². The number of nitrogens with zero attached hydrogens (tertiary/aromatic N) is 3. The molecule has 1 unspecified atom stereocenters. The molecule has 4 aromatic rings. The minimum Gasteiger partial charge on any atom is -0.495 e. The van der Waals surface area contributed by atoms with Crippen LogP contribution in [0.5, 0.6) is 11.5 Å². The molecular weight excluding hydrogens is 402 g/mol. The fraction of sp³-hybridized carbons (Fsp3) is 0.231. The van der Waals surface area contributed by atoms with Gasteiger partial charge in [0.25, 0.3) is 0 Å². The van der Waals surface area contributed by atoms with E-state index in [-0.39, 0.29) is 11.8 Å². The highest BCUT2D eigenvalue weighted by molar-refractivity contribution is 5.97. The summed E-state index contributed by atoms with van der Waals surface area (Å²) >= 11 is 0. The van der Waals surface area contributed by atoms with Crippen LogP contribution in [-0.2, 0) is 11.3 Å². The summed E-state index contributed by atoms with van der Waals surface area (Å²) < 4.78 is 13.6. The molecule has 6 heteroatoms. The van der Waals surface area contributed by atoms with E-state index in [9.17, 15) is 4.79 Å². The maximum atomic E-state index is 13.0. The van der Waals surface area contributed by atoms with Crippen LogP contribution in [0, 0.1) is 0 Å². The quantitative estimate of drug-likeness (QED) is 0.431. The lowest BCUT2D eigenvalue weighted by Crippen LogP contribution is -2.25. The fourth-order valence-electron chi connectivity index (χ4n) is 4.38. The van der Waals surface area contributed by atoms with Crippen molar-refractivity contribution in [2.24, 2.45) is 0 Å². The maximum absolute atomic E-state index is 13.0. The monoisotopic (exact) mass is 427 g/mol. The van der Waals surface area contributed by atoms with Crippen LogP contribution >= 0.6 is 0 Å². The number of para-hydroxylation sites is 5. The zero-order chi connectivity index (χ0) is 21.9. The zero-order valence-corrected chi connectivity index (χ0v) is 18.0. The van der Waals surface area contributed by atoms with Crippen molar-refractivity contribution in [2.75, 3.05) is 25.2 Å². The van der Waals surface area contributed by atoms with Crippen molar-refractivity contribution in [1.29, 1.82) is 0 Å². The number of aromatic nitrogens is 2. The van der Waals surface area contributed by atoms with E-state index in [0.717, 1.165) is 28.3 Å². The summed E-state index contributed by atoms with van der Waals surface area (Å²) in [7, 11) is 1.63. The highest BCUT2D eigenvalue weighted by atomic mass is 16.5. The third-order valence-corrected chi connectivity index (χ3v) is 5.88. The van der Waals surface area contributed by atoms with E-state index >= 15 is 0 Å². The van der Waals surface area contributed by atoms with Gasteiger partial charge in [-0.05, 0) is 36.4 Å². The molecule has 3 aromatic carbocycles. The molecular formula is C26H25N3O3. The van der Waals surface area contributed by atoms with Crippen LogP contribution in [0.3, 0.4) is 0 Å². The number of carbonyl (C=O) groups is 1. The molecule has 5 rings (SSSR count). The van der Waals surface area contributed by atoms with Crippen LogP contribution in [0.25, 0.3) is 11.0 Å². The first-order valence-corrected chi connectivity index (χ1v) is 10.8. The lowest BCUT2D eigenvalue weighted by Gasteiger charge is -2.20. The van der Waals surface area contributed by atoms with Gasteiger partial charge in [-0.15, -0.1) is 0 Å². The summed E-state index contributed by atoms with van der Waals surface area (Å²) in [6, 6.07) is 25.5. The van der Waals surface area contributed by atoms with Crippen LogP contribution in [0.1, 0.15) is 18.2 Å². The van der Waals surface area contributed by atoms with Crippen molar-refractivity contribution < 1.29 is 14.3 Å². The summed E-state index contributed by atoms with van der Waals surface area (Å²) in [6.45, 7) is 1.75. The number of hydrogen-bond acceptors (Lipinski definition) is 4. The SMILES string of the molecule is COc1ccccc1N1CC(c2nc3ccccc3n2CCOc2ccccc2)CC1=O. The first-order chi connectivity index (χ1) is 15.7. The number of fused-ring (bicyclic) bond motifs is 1. The average Bonchev–Trinajstić information content (AvgIpc) is 3.40. The van der Waals surface area contributed by atoms with Gasteiger partial charge in [-0.2, -0.15) is 0 Å². The van der Waals surface area contributed by atoms with Gasteiger partial charge in [0.1, 0.15) is 23.9 Å². The molecule has 0 bridgehead atoms. The number of imidazole rings is 1. The minimum atomic E-state index is -0.00321. The van der Waals surface area contributed by atoms with Gasteiger partial charge in [0.2, 0.25) is 5.91 Å². The van der Waals surface area contributed by atoms with Gasteiger partial charge in [0, 0.05) is 18.9 Å². The van der Waals surface area contributed by atoms with Gasteiger partial charge in [-0.3, -0.25) is 4.79 Å². The third kappa shape index (κ3) is 3.80. The number of methoxy groups -OCH3 is 1. The number of rotatable bonds is 7. The second kappa shape index (κ2) is 8.75. The smallest absolute Gasteiger partial charge is 0.227 e. The number of ether oxygens (including phenoxy) is 2. The Labute approximate surface area is 187 Å². The van der Waals surface area contributed by atoms with Crippen molar-refractivity contribution in [1.82, 2.24) is 9.55 Å². The number of benzene rings is 3. The largest absolute Gasteiger partial charge is 0.495 e. The van der Waals surface area contributed by atoms with E-state index < -0.39 is 0 Å². The van der Waals surface area contributed by atoms with Gasteiger partial charge in [0.15, 0.2) is 0 Å². The van der Waals surface area contributed by atoms with Crippen molar-refractivity contribution in [3.05, 3.63) is 84.7 Å². The molecule has 0 aliphatic carbocycles. The molecule has 2 heterocycles. The summed E-state index contributed by atoms with van der Waals surface area (Å²) in [5.74, 6) is 2.55. The molecule has 6 nitrogen and oxygen atoms in total. The molecule has 1 fully saturated rings. The lowest BCUT2D eigenvalue weighted by atomic mass is 10.1. The highest BCUT2D eigenvalue weighted by Gasteiger charge is 2.35. The Hall–Kier alpha value is -3.80. The van der Waals surface area contributed by atoms with Gasteiger partial charge < -0.3 is 18.9 Å². The predicted molar refractivity (Wildman–Crippen MR) is 124 cm³/mol. The molecule has 0 spiro atoms. The molecule has 1 amide bonds. The Bertz CT molecular complexity index is 1240. The molecule has 162 valence electrons. The lowest BCUT2D eigenvalue weighted by molar-refractivity contribution is -0.117. The van der Waals surface area contributed by atoms with E-state index in [2.05, 4.69) is 10.6 Å². The van der Waals surface area contributed by atoms with Crippen molar-refractivity contribution >= 4 is 22.6 Å². The molecule has 1 aliphatic rings. The minimum absolute atomic E-state index is 0.00321. The number of hydrogen-bond donors (Lipinski definition) is 0. The summed E-state index contributed by atoms with van der Waals surface area (Å²) in [5, 5.41) is 0. The molecule has 1 aromatic heterocycles. The van der Waals surface area contributed by atoms with Gasteiger partial charge in [-0.25, -0.2) is 4.98 Å². The van der Waals surface area contributed by atoms with Gasteiger partial charge in [0.05, 0.1) is 30.4 Å². The van der Waals surface area contributed by atoms with E-state index in [1.165, 1.54) is 0 Å². The normalized spacial score (nSPS) is 16.0. The van der Waals surface area contributed by atoms with Gasteiger partial charge >= 0.3 is 0 Å². The summed E-state index contributed by atoms with van der Waals surface area (Å²) in [5.41, 5.74) is 2.80. The molecule has 0 saturated carbocycles. The first-order valence-electron chi connectivity index (χ1n) is 10.8. The highest BCUT2D eigenvalue weighted by Crippen LogP contribution is 2.37. The number of anilines is 1. The molecule has 1 saturated heterocycles. The molecule has 0 radical (unpaired) electrons. The van der Waals surface area contributed by atoms with Crippen molar-refractivity contribution in [3.8, 4) is 11.5 Å². The molecule has 0 N–H and O–H groups in total. The standard InChI is InChI=1S/C26H25N3O3/c1-31-24-14-8-7-13-23(24)29-18-19(17-25(29)30)26-27-21-11-5-6-12-22(21)28(26)15-16-32-20-9-3-2-4-10-20/h2-14,19H,15-18H2,1H3. The Morgan fingerprint density at radius 1 is 0.969 bits per heavy atom. The first kappa shape index (κ1) is 20.1. The molecule has 1 aliphatic heterocycles. The Kier molecular flexibility index (Phi) is 5.50. The Morgan fingerprint density at radius 3 is 2.56 bits per heavy atom. The van der Waals surface area contributed by atoms with Gasteiger partial charge in [-0.1, -0.05) is 42.5 Å². The zero-order valence-electron chi connectivity index (χ0n) is 18.0. The second-order valence-electron chi connectivity index (χ2n) is 7.85. The van der Waals surface area contributed by atoms with E-state index in [1.807, 2.05) is 77.7 Å². The third-order valence-electron chi connectivity index (χ3n) is 5.88. The number of amides is 1. The fourth-order valence-corrected chi connectivity index (χ4v) is 4.38. The van der Waals surface area contributed by atoms with Crippen LogP contribution < -0.4 is 14.4 Å². The van der Waals surface area contributed by atoms with Crippen molar-refractivity contribution in [2.45, 2.75) is 18.9 Å². The van der Waals surface area contributed by atoms with E-state index in [4.69, 9.17) is 14.5 Å². The predicted octanol–water partition coefficient (Wildman–Crippen LogP) is 4.64. The second-order valence-corrected chi connectivity index (χ2v) is 7.85. The van der Waals surface area contributed by atoms with E-state index in [0.29, 0.717) is 31.9 Å². The topological polar surface area (TPSA) is 56.6 Å². The van der Waals surface area contributed by atoms with Crippen LogP contribution in [-0.4, -0.2) is 35.7 Å². The average molecular weight is 428 g/mol. The summed E-state index contributed by atoms with van der Waals surface area (Å²) in [4.78, 5) is 19.7. The Morgan fingerprint density at radius 2 is 1.72 bits per heavy atom. The number of carbonyl (C=O) groups excluding carboxylic acids is 1. The van der Waals surface area contributed by atoms with E-state index in [1.54, 1.807) is 7.11 Å². The summed E-state index contributed by atoms with van der Waals surface area (Å²) in [6.07, 6.45) is 0.418. The molecule has 32 heavy (non-hydrogen) atoms. The maximum Gasteiger partial charge on any atom is 0.227 e. The van der Waals surface area contributed by atoms with Crippen LogP contribution in [0.15, 0.2) is 78.9 Å². The Balaban J connectivity index is 1.42.